The topological polar surface area (TPSA) is 70.2 Å². The van der Waals surface area contributed by atoms with Crippen molar-refractivity contribution in [3.05, 3.63) is 35.6 Å². The van der Waals surface area contributed by atoms with Crippen LogP contribution in [-0.4, -0.2) is 31.6 Å². The summed E-state index contributed by atoms with van der Waals surface area (Å²) in [6.45, 7) is 7.42. The van der Waals surface area contributed by atoms with Crippen molar-refractivity contribution in [2.45, 2.75) is 27.2 Å². The fourth-order valence-electron chi connectivity index (χ4n) is 1.71. The largest absolute Gasteiger partial charge is 0.350 e. The number of carbonyl (C=O) groups excluding carboxylic acids is 2. The first-order chi connectivity index (χ1) is 10.3. The third-order valence-corrected chi connectivity index (χ3v) is 2.98. The van der Waals surface area contributed by atoms with E-state index in [-0.39, 0.29) is 30.1 Å². The summed E-state index contributed by atoms with van der Waals surface area (Å²) in [6.07, 6.45) is 0.879. The van der Waals surface area contributed by atoms with Gasteiger partial charge in [0.25, 0.3) is 5.91 Å². The Hall–Kier alpha value is -2.11. The van der Waals surface area contributed by atoms with Gasteiger partial charge in [0, 0.05) is 19.6 Å². The summed E-state index contributed by atoms with van der Waals surface area (Å²) in [5.41, 5.74) is 0.165. The number of carbonyl (C=O) groups is 2. The van der Waals surface area contributed by atoms with Crippen LogP contribution < -0.4 is 16.0 Å². The first-order valence-electron chi connectivity index (χ1n) is 7.34. The molecule has 5 nitrogen and oxygen atoms in total. The van der Waals surface area contributed by atoms with Gasteiger partial charge in [-0.05, 0) is 24.0 Å². The van der Waals surface area contributed by atoms with Crippen molar-refractivity contribution in [1.82, 2.24) is 16.0 Å². The standard InChI is InChI=1S/C16H24FN3O2/c1-16(2,3)8-9-19-15(22)20-11-10-18-14(21)12-6-4-5-7-13(12)17/h4-7H,8-11H2,1-3H3,(H,18,21)(H2,19,20,22). The molecule has 22 heavy (non-hydrogen) atoms. The summed E-state index contributed by atoms with van der Waals surface area (Å²) in [6, 6.07) is 5.49. The van der Waals surface area contributed by atoms with Crippen LogP contribution >= 0.6 is 0 Å². The Bertz CT molecular complexity index is 512. The molecule has 0 radical (unpaired) electrons. The minimum Gasteiger partial charge on any atom is -0.350 e. The van der Waals surface area contributed by atoms with Crippen molar-refractivity contribution in [2.24, 2.45) is 5.41 Å². The number of benzene rings is 1. The van der Waals surface area contributed by atoms with Gasteiger partial charge in [-0.25, -0.2) is 9.18 Å². The van der Waals surface area contributed by atoms with Crippen LogP contribution in [0.25, 0.3) is 0 Å². The summed E-state index contributed by atoms with van der Waals surface area (Å²) in [5, 5.41) is 7.93. The van der Waals surface area contributed by atoms with Crippen molar-refractivity contribution in [2.75, 3.05) is 19.6 Å². The molecule has 0 spiro atoms. The average molecular weight is 309 g/mol. The number of rotatable bonds is 6. The van der Waals surface area contributed by atoms with E-state index in [9.17, 15) is 14.0 Å². The second kappa shape index (κ2) is 8.36. The van der Waals surface area contributed by atoms with Crippen molar-refractivity contribution in [3.8, 4) is 0 Å². The summed E-state index contributed by atoms with van der Waals surface area (Å²) in [5.74, 6) is -1.05. The van der Waals surface area contributed by atoms with E-state index in [0.717, 1.165) is 6.42 Å². The molecule has 122 valence electrons. The molecule has 1 aromatic rings. The Kier molecular flexibility index (Phi) is 6.82. The third kappa shape index (κ3) is 7.06. The van der Waals surface area contributed by atoms with E-state index in [1.807, 2.05) is 0 Å². The Morgan fingerprint density at radius 1 is 1.00 bits per heavy atom. The molecule has 0 heterocycles. The van der Waals surface area contributed by atoms with Gasteiger partial charge in [0.15, 0.2) is 0 Å². The van der Waals surface area contributed by atoms with E-state index >= 15 is 0 Å². The molecule has 0 aliphatic heterocycles. The van der Waals surface area contributed by atoms with Gasteiger partial charge in [0.1, 0.15) is 5.82 Å². The highest BCUT2D eigenvalue weighted by Gasteiger charge is 2.11. The normalized spacial score (nSPS) is 10.9. The van der Waals surface area contributed by atoms with E-state index < -0.39 is 11.7 Å². The fraction of sp³-hybridized carbons (Fsp3) is 0.500. The fourth-order valence-corrected chi connectivity index (χ4v) is 1.71. The molecule has 0 unspecified atom stereocenters. The molecule has 3 amide bonds. The Labute approximate surface area is 130 Å². The smallest absolute Gasteiger partial charge is 0.314 e. The van der Waals surface area contributed by atoms with Crippen molar-refractivity contribution in [3.63, 3.8) is 0 Å². The summed E-state index contributed by atoms with van der Waals surface area (Å²) >= 11 is 0. The van der Waals surface area contributed by atoms with Crippen LogP contribution in [-0.2, 0) is 0 Å². The Morgan fingerprint density at radius 3 is 2.23 bits per heavy atom. The van der Waals surface area contributed by atoms with Crippen LogP contribution in [0.15, 0.2) is 24.3 Å². The lowest BCUT2D eigenvalue weighted by Crippen LogP contribution is -2.41. The van der Waals surface area contributed by atoms with E-state index in [2.05, 4.69) is 36.7 Å². The maximum absolute atomic E-state index is 13.4. The minimum atomic E-state index is -0.562. The van der Waals surface area contributed by atoms with Crippen molar-refractivity contribution in [1.29, 1.82) is 0 Å². The number of halogens is 1. The molecule has 6 heteroatoms. The summed E-state index contributed by atoms with van der Waals surface area (Å²) < 4.78 is 13.4. The zero-order chi connectivity index (χ0) is 16.6. The predicted octanol–water partition coefficient (Wildman–Crippen LogP) is 2.29. The molecule has 1 rings (SSSR count). The highest BCUT2D eigenvalue weighted by Crippen LogP contribution is 2.16. The first kappa shape index (κ1) is 17.9. The Balaban J connectivity index is 2.19. The molecule has 0 saturated heterocycles. The summed E-state index contributed by atoms with van der Waals surface area (Å²) in [4.78, 5) is 23.2. The van der Waals surface area contributed by atoms with E-state index in [0.29, 0.717) is 6.54 Å². The van der Waals surface area contributed by atoms with E-state index in [1.165, 1.54) is 18.2 Å². The molecule has 3 N–H and O–H groups in total. The highest BCUT2D eigenvalue weighted by atomic mass is 19.1. The predicted molar refractivity (Wildman–Crippen MR) is 84.2 cm³/mol. The maximum Gasteiger partial charge on any atom is 0.314 e. The molecule has 1 aromatic carbocycles. The number of urea groups is 1. The van der Waals surface area contributed by atoms with Crippen LogP contribution in [0.1, 0.15) is 37.6 Å². The lowest BCUT2D eigenvalue weighted by Gasteiger charge is -2.18. The van der Waals surface area contributed by atoms with Gasteiger partial charge in [0.2, 0.25) is 0 Å². The summed E-state index contributed by atoms with van der Waals surface area (Å²) in [7, 11) is 0. The first-order valence-corrected chi connectivity index (χ1v) is 7.34. The van der Waals surface area contributed by atoms with Gasteiger partial charge in [-0.2, -0.15) is 0 Å². The van der Waals surface area contributed by atoms with Gasteiger partial charge in [-0.15, -0.1) is 0 Å². The molecule has 0 atom stereocenters. The number of nitrogens with one attached hydrogen (secondary N) is 3. The Morgan fingerprint density at radius 2 is 1.59 bits per heavy atom. The molecule has 0 saturated carbocycles. The molecule has 0 aromatic heterocycles. The highest BCUT2D eigenvalue weighted by molar-refractivity contribution is 5.94. The quantitative estimate of drug-likeness (QED) is 0.706. The number of hydrogen-bond acceptors (Lipinski definition) is 2. The van der Waals surface area contributed by atoms with Crippen molar-refractivity contribution < 1.29 is 14.0 Å². The minimum absolute atomic E-state index is 0.00266. The monoisotopic (exact) mass is 309 g/mol. The van der Waals surface area contributed by atoms with Gasteiger partial charge >= 0.3 is 6.03 Å². The van der Waals surface area contributed by atoms with Gasteiger partial charge < -0.3 is 16.0 Å². The van der Waals surface area contributed by atoms with Crippen LogP contribution in [0.4, 0.5) is 9.18 Å². The second-order valence-corrected chi connectivity index (χ2v) is 6.23. The lowest BCUT2D eigenvalue weighted by atomic mass is 9.92. The zero-order valence-corrected chi connectivity index (χ0v) is 13.3. The van der Waals surface area contributed by atoms with Crippen molar-refractivity contribution >= 4 is 11.9 Å². The van der Waals surface area contributed by atoms with Gasteiger partial charge in [-0.3, -0.25) is 4.79 Å². The van der Waals surface area contributed by atoms with Gasteiger partial charge in [-0.1, -0.05) is 32.9 Å². The average Bonchev–Trinajstić information content (AvgIpc) is 2.42. The second-order valence-electron chi connectivity index (χ2n) is 6.23. The number of hydrogen-bond donors (Lipinski definition) is 3. The van der Waals surface area contributed by atoms with Crippen LogP contribution in [0.5, 0.6) is 0 Å². The number of amides is 3. The third-order valence-electron chi connectivity index (χ3n) is 2.98. The zero-order valence-electron chi connectivity index (χ0n) is 13.3. The SMILES string of the molecule is CC(C)(C)CCNC(=O)NCCNC(=O)c1ccccc1F. The van der Waals surface area contributed by atoms with E-state index in [4.69, 9.17) is 0 Å². The van der Waals surface area contributed by atoms with Crippen LogP contribution in [0.3, 0.4) is 0 Å². The van der Waals surface area contributed by atoms with Crippen LogP contribution in [0, 0.1) is 11.2 Å². The molecule has 0 aliphatic rings. The molecule has 0 fully saturated rings. The van der Waals surface area contributed by atoms with Gasteiger partial charge in [0.05, 0.1) is 5.56 Å². The molecular weight excluding hydrogens is 285 g/mol. The lowest BCUT2D eigenvalue weighted by molar-refractivity contribution is 0.0950. The molecule has 0 bridgehead atoms. The molecular formula is C16H24FN3O2. The molecule has 0 aliphatic carbocycles. The maximum atomic E-state index is 13.4. The van der Waals surface area contributed by atoms with E-state index in [1.54, 1.807) is 6.07 Å². The van der Waals surface area contributed by atoms with Crippen LogP contribution in [0.2, 0.25) is 0 Å².